The Hall–Kier alpha value is -1.79. The van der Waals surface area contributed by atoms with Crippen molar-refractivity contribution in [1.82, 2.24) is 14.9 Å². The van der Waals surface area contributed by atoms with E-state index in [1.165, 1.54) is 0 Å². The van der Waals surface area contributed by atoms with Crippen LogP contribution in [0.5, 0.6) is 0 Å². The zero-order valence-electron chi connectivity index (χ0n) is 12.5. The molecule has 2 aromatic rings. The highest BCUT2D eigenvalue weighted by molar-refractivity contribution is 7.08. The number of carbonyl (C=O) groups excluding carboxylic acids is 1. The number of hydrogen-bond acceptors (Lipinski definition) is 5. The fraction of sp³-hybridized carbons (Fsp3) is 0.438. The molecule has 2 aromatic heterocycles. The summed E-state index contributed by atoms with van der Waals surface area (Å²) in [5.74, 6) is 1.13. The Balaban J connectivity index is 1.69. The van der Waals surface area contributed by atoms with Gasteiger partial charge in [0, 0.05) is 36.1 Å². The molecule has 1 N–H and O–H groups in total. The number of aliphatic hydroxyl groups excluding tert-OH is 1. The molecule has 1 aliphatic rings. The molecule has 1 aliphatic heterocycles. The van der Waals surface area contributed by atoms with Gasteiger partial charge >= 0.3 is 0 Å². The Kier molecular flexibility index (Phi) is 4.49. The number of thiophene rings is 1. The molecule has 1 saturated heterocycles. The molecule has 3 rings (SSSR count). The van der Waals surface area contributed by atoms with Gasteiger partial charge < -0.3 is 10.0 Å². The highest BCUT2D eigenvalue weighted by Gasteiger charge is 2.27. The summed E-state index contributed by atoms with van der Waals surface area (Å²) < 4.78 is 0. The van der Waals surface area contributed by atoms with E-state index >= 15 is 0 Å². The smallest absolute Gasteiger partial charge is 0.254 e. The fourth-order valence-electron chi connectivity index (χ4n) is 2.91. The molecule has 22 heavy (non-hydrogen) atoms. The van der Waals surface area contributed by atoms with Crippen LogP contribution in [0.3, 0.4) is 0 Å². The lowest BCUT2D eigenvalue weighted by atomic mass is 9.90. The Labute approximate surface area is 133 Å². The minimum Gasteiger partial charge on any atom is -0.392 e. The average molecular weight is 317 g/mol. The molecule has 1 amide bonds. The van der Waals surface area contributed by atoms with Crippen LogP contribution in [0.25, 0.3) is 0 Å². The second-order valence-corrected chi connectivity index (χ2v) is 6.34. The fourth-order valence-corrected chi connectivity index (χ4v) is 3.54. The third-order valence-corrected chi connectivity index (χ3v) is 4.81. The minimum absolute atomic E-state index is 0.0380. The molecule has 0 aliphatic carbocycles. The van der Waals surface area contributed by atoms with Crippen molar-refractivity contribution in [2.24, 2.45) is 0 Å². The van der Waals surface area contributed by atoms with Gasteiger partial charge in [-0.3, -0.25) is 4.79 Å². The SMILES string of the molecule is Cc1ncc(CO)c(C2CCN(C(=O)c3ccsc3)CC2)n1. The highest BCUT2D eigenvalue weighted by Crippen LogP contribution is 2.29. The topological polar surface area (TPSA) is 66.3 Å². The summed E-state index contributed by atoms with van der Waals surface area (Å²) in [4.78, 5) is 22.9. The first-order valence-corrected chi connectivity index (χ1v) is 8.38. The van der Waals surface area contributed by atoms with Gasteiger partial charge in [0.05, 0.1) is 17.9 Å². The number of piperidine rings is 1. The third kappa shape index (κ3) is 3.03. The van der Waals surface area contributed by atoms with Crippen molar-refractivity contribution >= 4 is 17.2 Å². The summed E-state index contributed by atoms with van der Waals surface area (Å²) in [5.41, 5.74) is 2.52. The first-order valence-electron chi connectivity index (χ1n) is 7.43. The number of carbonyl (C=O) groups is 1. The zero-order valence-corrected chi connectivity index (χ0v) is 13.3. The van der Waals surface area contributed by atoms with Crippen LogP contribution < -0.4 is 0 Å². The van der Waals surface area contributed by atoms with E-state index in [1.54, 1.807) is 17.5 Å². The summed E-state index contributed by atoms with van der Waals surface area (Å²) in [5, 5.41) is 13.3. The maximum absolute atomic E-state index is 12.3. The molecule has 0 spiro atoms. The van der Waals surface area contributed by atoms with Crippen molar-refractivity contribution in [1.29, 1.82) is 0 Å². The molecule has 0 atom stereocenters. The van der Waals surface area contributed by atoms with Crippen LogP contribution in [0.4, 0.5) is 0 Å². The van der Waals surface area contributed by atoms with E-state index in [1.807, 2.05) is 28.7 Å². The molecule has 3 heterocycles. The Bertz CT molecular complexity index is 649. The monoisotopic (exact) mass is 317 g/mol. The second-order valence-electron chi connectivity index (χ2n) is 5.56. The molecular formula is C16H19N3O2S. The number of aryl methyl sites for hydroxylation is 1. The van der Waals surface area contributed by atoms with E-state index in [4.69, 9.17) is 0 Å². The molecule has 0 bridgehead atoms. The largest absolute Gasteiger partial charge is 0.392 e. The van der Waals surface area contributed by atoms with Crippen LogP contribution in [-0.4, -0.2) is 39.0 Å². The zero-order chi connectivity index (χ0) is 15.5. The maximum Gasteiger partial charge on any atom is 0.254 e. The predicted molar refractivity (Wildman–Crippen MR) is 84.9 cm³/mol. The van der Waals surface area contributed by atoms with Gasteiger partial charge in [-0.15, -0.1) is 0 Å². The van der Waals surface area contributed by atoms with Gasteiger partial charge in [-0.25, -0.2) is 9.97 Å². The number of aromatic nitrogens is 2. The van der Waals surface area contributed by atoms with E-state index in [9.17, 15) is 9.90 Å². The molecular weight excluding hydrogens is 298 g/mol. The van der Waals surface area contributed by atoms with Crippen molar-refractivity contribution in [3.05, 3.63) is 45.7 Å². The van der Waals surface area contributed by atoms with Gasteiger partial charge in [0.25, 0.3) is 5.91 Å². The van der Waals surface area contributed by atoms with Gasteiger partial charge in [-0.2, -0.15) is 11.3 Å². The molecule has 1 fully saturated rings. The van der Waals surface area contributed by atoms with Crippen LogP contribution >= 0.6 is 11.3 Å². The van der Waals surface area contributed by atoms with Crippen LogP contribution in [0, 0.1) is 6.92 Å². The summed E-state index contributed by atoms with van der Waals surface area (Å²) in [6, 6.07) is 1.87. The van der Waals surface area contributed by atoms with Crippen LogP contribution in [0.1, 0.15) is 46.2 Å². The lowest BCUT2D eigenvalue weighted by Gasteiger charge is -2.32. The molecule has 6 heteroatoms. The van der Waals surface area contributed by atoms with E-state index in [0.29, 0.717) is 0 Å². The van der Waals surface area contributed by atoms with Gasteiger partial charge in [-0.05, 0) is 31.2 Å². The van der Waals surface area contributed by atoms with E-state index in [-0.39, 0.29) is 18.4 Å². The van der Waals surface area contributed by atoms with Gasteiger partial charge in [-0.1, -0.05) is 0 Å². The van der Waals surface area contributed by atoms with E-state index in [2.05, 4.69) is 9.97 Å². The van der Waals surface area contributed by atoms with Crippen molar-refractivity contribution in [3.8, 4) is 0 Å². The second kappa shape index (κ2) is 6.54. The van der Waals surface area contributed by atoms with Crippen LogP contribution in [0.2, 0.25) is 0 Å². The lowest BCUT2D eigenvalue weighted by molar-refractivity contribution is 0.0712. The summed E-state index contributed by atoms with van der Waals surface area (Å²) >= 11 is 1.54. The van der Waals surface area contributed by atoms with Gasteiger partial charge in [0.15, 0.2) is 0 Å². The predicted octanol–water partition coefficient (Wildman–Crippen LogP) is 2.36. The quantitative estimate of drug-likeness (QED) is 0.944. The van der Waals surface area contributed by atoms with Crippen molar-refractivity contribution in [2.75, 3.05) is 13.1 Å². The maximum atomic E-state index is 12.3. The molecule has 0 saturated carbocycles. The normalized spacial score (nSPS) is 16.0. The number of aliphatic hydroxyl groups is 1. The Morgan fingerprint density at radius 1 is 1.45 bits per heavy atom. The Morgan fingerprint density at radius 2 is 2.23 bits per heavy atom. The average Bonchev–Trinajstić information content (AvgIpc) is 3.09. The number of hydrogen-bond donors (Lipinski definition) is 1. The molecule has 0 radical (unpaired) electrons. The van der Waals surface area contributed by atoms with Crippen molar-refractivity contribution < 1.29 is 9.90 Å². The number of nitrogens with zero attached hydrogens (tertiary/aromatic N) is 3. The first kappa shape index (κ1) is 15.1. The highest BCUT2D eigenvalue weighted by atomic mass is 32.1. The van der Waals surface area contributed by atoms with Gasteiger partial charge in [0.2, 0.25) is 0 Å². The number of amides is 1. The van der Waals surface area contributed by atoms with E-state index < -0.39 is 0 Å². The lowest BCUT2D eigenvalue weighted by Crippen LogP contribution is -2.38. The third-order valence-electron chi connectivity index (χ3n) is 4.13. The minimum atomic E-state index is -0.0380. The standard InChI is InChI=1S/C16H19N3O2S/c1-11-17-8-14(9-20)15(18-11)12-2-5-19(6-3-12)16(21)13-4-7-22-10-13/h4,7-8,10,12,20H,2-3,5-6,9H2,1H3. The summed E-state index contributed by atoms with van der Waals surface area (Å²) in [7, 11) is 0. The van der Waals surface area contributed by atoms with Crippen molar-refractivity contribution in [2.45, 2.75) is 32.3 Å². The summed E-state index contributed by atoms with van der Waals surface area (Å²) in [6.07, 6.45) is 3.46. The Morgan fingerprint density at radius 3 is 2.86 bits per heavy atom. The molecule has 116 valence electrons. The van der Waals surface area contributed by atoms with Crippen molar-refractivity contribution in [3.63, 3.8) is 0 Å². The molecule has 5 nitrogen and oxygen atoms in total. The first-order chi connectivity index (χ1) is 10.7. The van der Waals surface area contributed by atoms with Gasteiger partial charge in [0.1, 0.15) is 5.82 Å². The van der Waals surface area contributed by atoms with E-state index in [0.717, 1.165) is 48.6 Å². The number of rotatable bonds is 3. The van der Waals surface area contributed by atoms with Crippen LogP contribution in [0.15, 0.2) is 23.0 Å². The molecule has 0 unspecified atom stereocenters. The van der Waals surface area contributed by atoms with Crippen LogP contribution in [-0.2, 0) is 6.61 Å². The molecule has 0 aromatic carbocycles. The number of likely N-dealkylation sites (tertiary alicyclic amines) is 1. The summed E-state index contributed by atoms with van der Waals surface area (Å²) in [6.45, 7) is 3.28.